The molecule has 0 saturated carbocycles. The molecule has 0 unspecified atom stereocenters. The molecule has 0 aromatic heterocycles. The van der Waals surface area contributed by atoms with Gasteiger partial charge in [0.25, 0.3) is 5.91 Å². The van der Waals surface area contributed by atoms with E-state index in [1.54, 1.807) is 24.3 Å². The van der Waals surface area contributed by atoms with Gasteiger partial charge < -0.3 is 15.8 Å². The lowest BCUT2D eigenvalue weighted by Gasteiger charge is -2.16. The Kier molecular flexibility index (Phi) is 5.86. The normalized spacial score (nSPS) is 12.3. The molecule has 0 radical (unpaired) electrons. The zero-order valence-electron chi connectivity index (χ0n) is 13.8. The first-order valence-electron chi connectivity index (χ1n) is 7.61. The second kappa shape index (κ2) is 7.90. The molecular formula is C18H17F3N2O3. The van der Waals surface area contributed by atoms with E-state index in [9.17, 15) is 22.8 Å². The van der Waals surface area contributed by atoms with Crippen LogP contribution in [0.4, 0.5) is 13.2 Å². The number of carbonyl (C=O) groups excluding carboxylic acids is 2. The largest absolute Gasteiger partial charge is 0.497 e. The highest BCUT2D eigenvalue weighted by atomic mass is 19.4. The molecule has 0 fully saturated rings. The van der Waals surface area contributed by atoms with Crippen LogP contribution < -0.4 is 15.8 Å². The minimum absolute atomic E-state index is 0.000944. The first-order chi connectivity index (χ1) is 12.2. The molecule has 2 aromatic rings. The average Bonchev–Trinajstić information content (AvgIpc) is 2.61. The van der Waals surface area contributed by atoms with Crippen molar-refractivity contribution in [1.82, 2.24) is 5.32 Å². The van der Waals surface area contributed by atoms with Gasteiger partial charge in [0.2, 0.25) is 5.91 Å². The number of halogens is 3. The Morgan fingerprint density at radius 2 is 1.65 bits per heavy atom. The predicted octanol–water partition coefficient (Wildman–Crippen LogP) is 2.54. The van der Waals surface area contributed by atoms with Crippen molar-refractivity contribution in [3.8, 4) is 5.75 Å². The van der Waals surface area contributed by atoms with Crippen LogP contribution >= 0.6 is 0 Å². The number of amides is 2. The van der Waals surface area contributed by atoms with E-state index >= 15 is 0 Å². The summed E-state index contributed by atoms with van der Waals surface area (Å²) in [6.07, 6.45) is -4.34. The highest BCUT2D eigenvalue weighted by Crippen LogP contribution is 2.29. The maximum absolute atomic E-state index is 12.6. The van der Waals surface area contributed by atoms with E-state index < -0.39 is 29.6 Å². The summed E-state index contributed by atoms with van der Waals surface area (Å²) in [5, 5.41) is 2.44. The average molecular weight is 366 g/mol. The SMILES string of the molecule is COc1ccc(C[C@@H](NC(=O)c2ccc(C(F)(F)F)cc2)C(N)=O)cc1. The molecule has 2 rings (SSSR count). The summed E-state index contributed by atoms with van der Waals surface area (Å²) in [4.78, 5) is 23.8. The fraction of sp³-hybridized carbons (Fsp3) is 0.222. The Morgan fingerprint density at radius 1 is 1.08 bits per heavy atom. The van der Waals surface area contributed by atoms with Crippen LogP contribution in [0.25, 0.3) is 0 Å². The maximum Gasteiger partial charge on any atom is 0.416 e. The maximum atomic E-state index is 12.6. The summed E-state index contributed by atoms with van der Waals surface area (Å²) < 4.78 is 42.7. The van der Waals surface area contributed by atoms with Gasteiger partial charge in [-0.15, -0.1) is 0 Å². The second-order valence-corrected chi connectivity index (χ2v) is 5.56. The van der Waals surface area contributed by atoms with Gasteiger partial charge in [-0.3, -0.25) is 9.59 Å². The summed E-state index contributed by atoms with van der Waals surface area (Å²) in [6.45, 7) is 0. The van der Waals surface area contributed by atoms with Crippen LogP contribution in [-0.4, -0.2) is 25.0 Å². The van der Waals surface area contributed by atoms with Crippen molar-refractivity contribution in [2.24, 2.45) is 5.73 Å². The van der Waals surface area contributed by atoms with Crippen LogP contribution in [0.5, 0.6) is 5.75 Å². The second-order valence-electron chi connectivity index (χ2n) is 5.56. The molecule has 2 amide bonds. The summed E-state index contributed by atoms with van der Waals surface area (Å²) in [6, 6.07) is 9.54. The number of nitrogens with one attached hydrogen (secondary N) is 1. The molecule has 3 N–H and O–H groups in total. The summed E-state index contributed by atoms with van der Waals surface area (Å²) >= 11 is 0. The van der Waals surface area contributed by atoms with Gasteiger partial charge in [-0.05, 0) is 42.0 Å². The molecule has 0 heterocycles. The molecule has 0 spiro atoms. The first kappa shape index (κ1) is 19.3. The molecule has 5 nitrogen and oxygen atoms in total. The fourth-order valence-electron chi connectivity index (χ4n) is 2.27. The van der Waals surface area contributed by atoms with Gasteiger partial charge in [-0.2, -0.15) is 13.2 Å². The van der Waals surface area contributed by atoms with Crippen LogP contribution in [0.15, 0.2) is 48.5 Å². The third kappa shape index (κ3) is 4.98. The standard InChI is InChI=1S/C18H17F3N2O3/c1-26-14-8-2-11(3-9-14)10-15(16(22)24)23-17(25)12-4-6-13(7-5-12)18(19,20)21/h2-9,15H,10H2,1H3,(H2,22,24)(H,23,25)/t15-/m1/s1. The number of primary amides is 1. The summed E-state index contributed by atoms with van der Waals surface area (Å²) in [7, 11) is 1.52. The van der Waals surface area contributed by atoms with Crippen molar-refractivity contribution < 1.29 is 27.5 Å². The first-order valence-corrected chi connectivity index (χ1v) is 7.61. The third-order valence-corrected chi connectivity index (χ3v) is 3.72. The van der Waals surface area contributed by atoms with Gasteiger partial charge in [0, 0.05) is 12.0 Å². The number of hydrogen-bond acceptors (Lipinski definition) is 3. The van der Waals surface area contributed by atoms with E-state index in [-0.39, 0.29) is 12.0 Å². The van der Waals surface area contributed by atoms with Crippen molar-refractivity contribution in [3.05, 3.63) is 65.2 Å². The fourth-order valence-corrected chi connectivity index (χ4v) is 2.27. The number of nitrogens with two attached hydrogens (primary N) is 1. The Balaban J connectivity index is 2.08. The number of methoxy groups -OCH3 is 1. The van der Waals surface area contributed by atoms with Crippen molar-refractivity contribution in [3.63, 3.8) is 0 Å². The lowest BCUT2D eigenvalue weighted by atomic mass is 10.0. The van der Waals surface area contributed by atoms with Gasteiger partial charge in [0.15, 0.2) is 0 Å². The molecule has 26 heavy (non-hydrogen) atoms. The minimum atomic E-state index is -4.49. The number of alkyl halides is 3. The molecule has 138 valence electrons. The van der Waals surface area contributed by atoms with Crippen molar-refractivity contribution in [2.75, 3.05) is 7.11 Å². The van der Waals surface area contributed by atoms with E-state index in [1.807, 2.05) is 0 Å². The predicted molar refractivity (Wildman–Crippen MR) is 88.6 cm³/mol. The van der Waals surface area contributed by atoms with Crippen LogP contribution in [0.1, 0.15) is 21.5 Å². The molecule has 0 saturated heterocycles. The molecule has 0 bridgehead atoms. The van der Waals surface area contributed by atoms with E-state index in [4.69, 9.17) is 10.5 Å². The van der Waals surface area contributed by atoms with Crippen LogP contribution in [-0.2, 0) is 17.4 Å². The molecule has 2 aromatic carbocycles. The number of carbonyl (C=O) groups is 2. The highest BCUT2D eigenvalue weighted by Gasteiger charge is 2.30. The third-order valence-electron chi connectivity index (χ3n) is 3.72. The number of ether oxygens (including phenoxy) is 1. The van der Waals surface area contributed by atoms with Gasteiger partial charge in [-0.1, -0.05) is 12.1 Å². The minimum Gasteiger partial charge on any atom is -0.497 e. The lowest BCUT2D eigenvalue weighted by molar-refractivity contribution is -0.137. The van der Waals surface area contributed by atoms with Gasteiger partial charge in [0.1, 0.15) is 11.8 Å². The quantitative estimate of drug-likeness (QED) is 0.824. The zero-order chi connectivity index (χ0) is 19.3. The Morgan fingerprint density at radius 3 is 2.12 bits per heavy atom. The summed E-state index contributed by atoms with van der Waals surface area (Å²) in [5.41, 5.74) is 5.20. The monoisotopic (exact) mass is 366 g/mol. The number of rotatable bonds is 6. The van der Waals surface area contributed by atoms with Gasteiger partial charge >= 0.3 is 6.18 Å². The lowest BCUT2D eigenvalue weighted by Crippen LogP contribution is -2.45. The molecule has 0 aliphatic carbocycles. The van der Waals surface area contributed by atoms with Crippen LogP contribution in [0, 0.1) is 0 Å². The topological polar surface area (TPSA) is 81.4 Å². The van der Waals surface area contributed by atoms with E-state index in [0.717, 1.165) is 29.8 Å². The molecule has 8 heteroatoms. The van der Waals surface area contributed by atoms with Crippen molar-refractivity contribution >= 4 is 11.8 Å². The zero-order valence-corrected chi connectivity index (χ0v) is 13.8. The number of benzene rings is 2. The van der Waals surface area contributed by atoms with E-state index in [1.165, 1.54) is 7.11 Å². The summed E-state index contributed by atoms with van der Waals surface area (Å²) in [5.74, 6) is -0.796. The molecular weight excluding hydrogens is 349 g/mol. The van der Waals surface area contributed by atoms with Gasteiger partial charge in [0.05, 0.1) is 12.7 Å². The van der Waals surface area contributed by atoms with E-state index in [2.05, 4.69) is 5.32 Å². The van der Waals surface area contributed by atoms with Crippen LogP contribution in [0.2, 0.25) is 0 Å². The Hall–Kier alpha value is -3.03. The van der Waals surface area contributed by atoms with Crippen molar-refractivity contribution in [1.29, 1.82) is 0 Å². The molecule has 0 aliphatic rings. The molecule has 1 atom stereocenters. The van der Waals surface area contributed by atoms with Gasteiger partial charge in [-0.25, -0.2) is 0 Å². The highest BCUT2D eigenvalue weighted by molar-refractivity contribution is 5.97. The Bertz CT molecular complexity index is 772. The smallest absolute Gasteiger partial charge is 0.416 e. The molecule has 0 aliphatic heterocycles. The van der Waals surface area contributed by atoms with Crippen LogP contribution in [0.3, 0.4) is 0 Å². The van der Waals surface area contributed by atoms with Crippen molar-refractivity contribution in [2.45, 2.75) is 18.6 Å². The Labute approximate surface area is 148 Å². The van der Waals surface area contributed by atoms with E-state index in [0.29, 0.717) is 5.75 Å². The number of hydrogen-bond donors (Lipinski definition) is 2.